The molecule has 0 spiro atoms. The molecule has 0 aliphatic carbocycles. The van der Waals surface area contributed by atoms with Gasteiger partial charge in [0, 0.05) is 0 Å². The number of benzene rings is 1. The van der Waals surface area contributed by atoms with Gasteiger partial charge < -0.3 is 0 Å². The third-order valence-corrected chi connectivity index (χ3v) is 10.3. The molecule has 0 unspecified atom stereocenters. The summed E-state index contributed by atoms with van der Waals surface area (Å²) >= 11 is 0. The lowest BCUT2D eigenvalue weighted by molar-refractivity contribution is 0.527. The van der Waals surface area contributed by atoms with Crippen LogP contribution in [-0.2, 0) is 12.8 Å². The van der Waals surface area contributed by atoms with Crippen LogP contribution in [0.3, 0.4) is 0 Å². The van der Waals surface area contributed by atoms with E-state index in [0.717, 1.165) is 0 Å². The van der Waals surface area contributed by atoms with Crippen molar-refractivity contribution >= 4 is 0 Å². The summed E-state index contributed by atoms with van der Waals surface area (Å²) in [5.74, 6) is 0. The Morgan fingerprint density at radius 3 is 0.711 bits per heavy atom. The summed E-state index contributed by atoms with van der Waals surface area (Å²) in [7, 11) is 0. The molecule has 0 fully saturated rings. The van der Waals surface area contributed by atoms with Crippen molar-refractivity contribution in [2.75, 3.05) is 0 Å². The Kier molecular flexibility index (Phi) is 32.4. The quantitative estimate of drug-likeness (QED) is 0.0652. The summed E-state index contributed by atoms with van der Waals surface area (Å²) in [6.07, 6.45) is 51.6. The van der Waals surface area contributed by atoms with E-state index in [1.807, 2.05) is 0 Å². The van der Waals surface area contributed by atoms with Gasteiger partial charge in [0.1, 0.15) is 0 Å². The number of hydrogen-bond acceptors (Lipinski definition) is 0. The molecule has 1 rings (SSSR count). The van der Waals surface area contributed by atoms with E-state index in [-0.39, 0.29) is 0 Å². The maximum absolute atomic E-state index is 4.30. The smallest absolute Gasteiger partial charge is 0.0238 e. The highest BCUT2D eigenvalue weighted by molar-refractivity contribution is 5.32. The van der Waals surface area contributed by atoms with Gasteiger partial charge in [-0.3, -0.25) is 0 Å². The van der Waals surface area contributed by atoms with Crippen LogP contribution in [0, 0.1) is 6.92 Å². The topological polar surface area (TPSA) is 0 Å². The van der Waals surface area contributed by atoms with E-state index in [2.05, 4.69) is 39.0 Å². The molecule has 0 atom stereocenters. The van der Waals surface area contributed by atoms with E-state index < -0.39 is 0 Å². The second-order valence-electron chi connectivity index (χ2n) is 15.0. The van der Waals surface area contributed by atoms with Crippen molar-refractivity contribution in [2.45, 2.75) is 245 Å². The molecule has 0 nitrogen and oxygen atoms in total. The minimum Gasteiger partial charge on any atom is -0.0654 e. The molecule has 1 aromatic carbocycles. The fraction of sp³-hybridized carbons (Fsp3) is 0.844. The second-order valence-corrected chi connectivity index (χ2v) is 15.0. The van der Waals surface area contributed by atoms with Gasteiger partial charge in [-0.05, 0) is 49.3 Å². The van der Waals surface area contributed by atoms with Crippen molar-refractivity contribution in [3.05, 3.63) is 41.8 Å². The van der Waals surface area contributed by atoms with E-state index in [4.69, 9.17) is 0 Å². The van der Waals surface area contributed by atoms with Gasteiger partial charge in [0.2, 0.25) is 0 Å². The molecule has 1 aromatic rings. The Morgan fingerprint density at radius 2 is 0.489 bits per heavy atom. The van der Waals surface area contributed by atoms with Crippen LogP contribution in [0.2, 0.25) is 0 Å². The molecule has 263 valence electrons. The summed E-state index contributed by atoms with van der Waals surface area (Å²) in [4.78, 5) is 0. The molecule has 0 N–H and O–H groups in total. The summed E-state index contributed by atoms with van der Waals surface area (Å²) < 4.78 is 0. The van der Waals surface area contributed by atoms with Crippen LogP contribution in [-0.4, -0.2) is 0 Å². The predicted octanol–water partition coefficient (Wildman–Crippen LogP) is 16.3. The van der Waals surface area contributed by atoms with Gasteiger partial charge >= 0.3 is 0 Å². The Bertz CT molecular complexity index is 646. The molecule has 0 amide bonds. The number of unbranched alkanes of at least 4 members (excludes halogenated alkanes) is 32. The van der Waals surface area contributed by atoms with Crippen LogP contribution >= 0.6 is 0 Å². The standard InChI is InChI=1S/C45H83/c1-4-6-8-10-12-14-16-18-20-22-24-26-28-30-32-34-36-38-44-40-43(3)41-45(42-44)39-37-35-33-31-29-27-25-23-21-19-17-15-13-11-9-7-5-2/h40-42H,3-39H2,1-2H3. The Hall–Kier alpha value is -0.780. The number of hydrogen-bond donors (Lipinski definition) is 0. The lowest BCUT2D eigenvalue weighted by Crippen LogP contribution is -1.93. The monoisotopic (exact) mass is 624 g/mol. The SMILES string of the molecule is [CH2]c1cc(CCCCCCCCCCCCCCCCCCC)cc(CCCCCCCCCCCCCCCCCCC)c1. The molecule has 0 heterocycles. The number of aryl methyl sites for hydroxylation is 2. The van der Waals surface area contributed by atoms with Gasteiger partial charge in [0.15, 0.2) is 0 Å². The van der Waals surface area contributed by atoms with Crippen molar-refractivity contribution in [2.24, 2.45) is 0 Å². The predicted molar refractivity (Wildman–Crippen MR) is 207 cm³/mol. The zero-order chi connectivity index (χ0) is 32.3. The van der Waals surface area contributed by atoms with Crippen molar-refractivity contribution < 1.29 is 0 Å². The molecular weight excluding hydrogens is 540 g/mol. The highest BCUT2D eigenvalue weighted by Gasteiger charge is 2.02. The lowest BCUT2D eigenvalue weighted by atomic mass is 9.97. The Morgan fingerprint density at radius 1 is 0.289 bits per heavy atom. The average Bonchev–Trinajstić information content (AvgIpc) is 3.03. The van der Waals surface area contributed by atoms with Gasteiger partial charge in [-0.25, -0.2) is 0 Å². The van der Waals surface area contributed by atoms with Crippen LogP contribution in [0.5, 0.6) is 0 Å². The lowest BCUT2D eigenvalue weighted by Gasteiger charge is -2.09. The van der Waals surface area contributed by atoms with Crippen molar-refractivity contribution in [1.82, 2.24) is 0 Å². The first-order valence-electron chi connectivity index (χ1n) is 21.2. The van der Waals surface area contributed by atoms with Crippen LogP contribution in [0.15, 0.2) is 18.2 Å². The van der Waals surface area contributed by atoms with Crippen LogP contribution in [0.4, 0.5) is 0 Å². The minimum absolute atomic E-state index is 1.22. The molecule has 0 saturated carbocycles. The van der Waals surface area contributed by atoms with E-state index in [0.29, 0.717) is 0 Å². The average molecular weight is 624 g/mol. The fourth-order valence-electron chi connectivity index (χ4n) is 7.24. The first-order chi connectivity index (χ1) is 22.3. The molecule has 0 aliphatic rings. The van der Waals surface area contributed by atoms with Crippen LogP contribution in [0.1, 0.15) is 249 Å². The van der Waals surface area contributed by atoms with E-state index in [1.54, 1.807) is 0 Å². The van der Waals surface area contributed by atoms with Gasteiger partial charge in [-0.15, -0.1) is 0 Å². The van der Waals surface area contributed by atoms with Crippen molar-refractivity contribution in [3.63, 3.8) is 0 Å². The maximum atomic E-state index is 4.30. The molecule has 0 aliphatic heterocycles. The van der Waals surface area contributed by atoms with Gasteiger partial charge in [0.05, 0.1) is 0 Å². The van der Waals surface area contributed by atoms with Crippen molar-refractivity contribution in [1.29, 1.82) is 0 Å². The zero-order valence-electron chi connectivity index (χ0n) is 31.4. The van der Waals surface area contributed by atoms with Crippen LogP contribution < -0.4 is 0 Å². The van der Waals surface area contributed by atoms with E-state index in [1.165, 1.54) is 248 Å². The molecule has 0 saturated heterocycles. The van der Waals surface area contributed by atoms with E-state index >= 15 is 0 Å². The Balaban J connectivity index is 1.89. The van der Waals surface area contributed by atoms with Crippen molar-refractivity contribution in [3.8, 4) is 0 Å². The molecule has 45 heavy (non-hydrogen) atoms. The largest absolute Gasteiger partial charge is 0.0654 e. The Labute approximate surface area is 286 Å². The summed E-state index contributed by atoms with van der Waals surface area (Å²) in [6, 6.07) is 7.17. The molecule has 0 heteroatoms. The third kappa shape index (κ3) is 30.3. The van der Waals surface area contributed by atoms with Gasteiger partial charge in [-0.1, -0.05) is 238 Å². The molecular formula is C45H83. The number of rotatable bonds is 36. The van der Waals surface area contributed by atoms with Gasteiger partial charge in [-0.2, -0.15) is 0 Å². The fourth-order valence-corrected chi connectivity index (χ4v) is 7.24. The zero-order valence-corrected chi connectivity index (χ0v) is 31.4. The van der Waals surface area contributed by atoms with Crippen LogP contribution in [0.25, 0.3) is 0 Å². The normalized spacial score (nSPS) is 11.5. The molecule has 1 radical (unpaired) electrons. The highest BCUT2D eigenvalue weighted by Crippen LogP contribution is 2.19. The first kappa shape index (κ1) is 42.2. The second kappa shape index (κ2) is 34.6. The first-order valence-corrected chi connectivity index (χ1v) is 21.2. The van der Waals surface area contributed by atoms with E-state index in [9.17, 15) is 0 Å². The third-order valence-electron chi connectivity index (χ3n) is 10.3. The summed E-state index contributed by atoms with van der Waals surface area (Å²) in [5.41, 5.74) is 4.29. The molecule has 0 aromatic heterocycles. The maximum Gasteiger partial charge on any atom is -0.0238 e. The highest BCUT2D eigenvalue weighted by atomic mass is 14.1. The van der Waals surface area contributed by atoms with Gasteiger partial charge in [0.25, 0.3) is 0 Å². The molecule has 0 bridgehead atoms. The summed E-state index contributed by atoms with van der Waals surface area (Å²) in [5, 5.41) is 0. The summed E-state index contributed by atoms with van der Waals surface area (Å²) in [6.45, 7) is 8.91. The minimum atomic E-state index is 1.22.